The molecule has 3 rings (SSSR count). The van der Waals surface area contributed by atoms with Crippen LogP contribution in [0, 0.1) is 17.1 Å². The summed E-state index contributed by atoms with van der Waals surface area (Å²) in [6, 6.07) is 15.6. The molecule has 0 radical (unpaired) electrons. The molecule has 0 bridgehead atoms. The molecule has 2 aromatic carbocycles. The zero-order valence-electron chi connectivity index (χ0n) is 11.8. The van der Waals surface area contributed by atoms with Crippen LogP contribution in [-0.2, 0) is 0 Å². The molecule has 1 heterocycles. The molecule has 0 aliphatic rings. The minimum absolute atomic E-state index is 0.0228. The summed E-state index contributed by atoms with van der Waals surface area (Å²) in [5.74, 6) is 0.228. The van der Waals surface area contributed by atoms with E-state index < -0.39 is 5.82 Å². The summed E-state index contributed by atoms with van der Waals surface area (Å²) >= 11 is 0. The second kappa shape index (κ2) is 5.70. The summed E-state index contributed by atoms with van der Waals surface area (Å²) in [5, 5.41) is 15.9. The molecular weight excluding hydrogens is 281 g/mol. The highest BCUT2D eigenvalue weighted by Gasteiger charge is 2.09. The Kier molecular flexibility index (Phi) is 3.58. The van der Waals surface area contributed by atoms with Crippen molar-refractivity contribution in [3.63, 3.8) is 0 Å². The van der Waals surface area contributed by atoms with Gasteiger partial charge < -0.3 is 4.74 Å². The lowest BCUT2D eigenvalue weighted by atomic mass is 10.1. The van der Waals surface area contributed by atoms with Crippen molar-refractivity contribution in [2.75, 3.05) is 7.11 Å². The van der Waals surface area contributed by atoms with E-state index in [1.807, 2.05) is 30.3 Å². The van der Waals surface area contributed by atoms with Gasteiger partial charge >= 0.3 is 0 Å². The van der Waals surface area contributed by atoms with E-state index in [0.29, 0.717) is 11.3 Å². The maximum Gasteiger partial charge on any atom is 0.141 e. The van der Waals surface area contributed by atoms with Crippen molar-refractivity contribution >= 4 is 0 Å². The van der Waals surface area contributed by atoms with Crippen LogP contribution < -0.4 is 4.74 Å². The SMILES string of the molecule is COc1ccc(-c2cc(-c3ccc(C#N)c(F)c3)n[nH]2)cc1. The van der Waals surface area contributed by atoms with Gasteiger partial charge in [0.1, 0.15) is 17.6 Å². The Hall–Kier alpha value is -3.13. The fourth-order valence-electron chi connectivity index (χ4n) is 2.15. The number of rotatable bonds is 3. The molecular formula is C17H12FN3O. The maximum atomic E-state index is 13.7. The second-order valence-corrected chi connectivity index (χ2v) is 4.70. The molecule has 0 saturated carbocycles. The smallest absolute Gasteiger partial charge is 0.141 e. The average molecular weight is 293 g/mol. The van der Waals surface area contributed by atoms with Crippen molar-refractivity contribution < 1.29 is 9.13 Å². The summed E-state index contributed by atoms with van der Waals surface area (Å²) in [6.07, 6.45) is 0. The van der Waals surface area contributed by atoms with Gasteiger partial charge in [-0.05, 0) is 48.0 Å². The minimum Gasteiger partial charge on any atom is -0.497 e. The number of hydrogen-bond donors (Lipinski definition) is 1. The number of H-pyrrole nitrogens is 1. The first-order chi connectivity index (χ1) is 10.7. The molecule has 0 saturated heterocycles. The van der Waals surface area contributed by atoms with Crippen LogP contribution in [0.4, 0.5) is 4.39 Å². The Morgan fingerprint density at radius 3 is 2.45 bits per heavy atom. The van der Waals surface area contributed by atoms with Crippen molar-refractivity contribution in [3.8, 4) is 34.3 Å². The molecule has 1 aromatic heterocycles. The first-order valence-electron chi connectivity index (χ1n) is 6.61. The normalized spacial score (nSPS) is 10.2. The van der Waals surface area contributed by atoms with Gasteiger partial charge in [-0.1, -0.05) is 6.07 Å². The number of hydrogen-bond acceptors (Lipinski definition) is 3. The third-order valence-electron chi connectivity index (χ3n) is 3.36. The highest BCUT2D eigenvalue weighted by Crippen LogP contribution is 2.26. The lowest BCUT2D eigenvalue weighted by Crippen LogP contribution is -1.85. The van der Waals surface area contributed by atoms with Crippen LogP contribution in [0.1, 0.15) is 5.56 Å². The zero-order valence-corrected chi connectivity index (χ0v) is 11.8. The van der Waals surface area contributed by atoms with E-state index >= 15 is 0 Å². The molecule has 0 atom stereocenters. The van der Waals surface area contributed by atoms with Gasteiger partial charge in [0, 0.05) is 5.56 Å². The molecule has 0 unspecified atom stereocenters. The Morgan fingerprint density at radius 1 is 1.09 bits per heavy atom. The third kappa shape index (κ3) is 2.54. The molecule has 3 aromatic rings. The van der Waals surface area contributed by atoms with E-state index in [1.54, 1.807) is 19.2 Å². The van der Waals surface area contributed by atoms with E-state index in [9.17, 15) is 4.39 Å². The van der Waals surface area contributed by atoms with Gasteiger partial charge in [0.25, 0.3) is 0 Å². The molecule has 108 valence electrons. The lowest BCUT2D eigenvalue weighted by molar-refractivity contribution is 0.415. The minimum atomic E-state index is -0.547. The number of nitrogens with one attached hydrogen (secondary N) is 1. The van der Waals surface area contributed by atoms with Crippen LogP contribution in [0.2, 0.25) is 0 Å². The van der Waals surface area contributed by atoms with E-state index in [0.717, 1.165) is 17.0 Å². The van der Waals surface area contributed by atoms with Crippen LogP contribution in [0.3, 0.4) is 0 Å². The topological polar surface area (TPSA) is 61.7 Å². The Morgan fingerprint density at radius 2 is 1.82 bits per heavy atom. The van der Waals surface area contributed by atoms with Crippen LogP contribution in [0.25, 0.3) is 22.5 Å². The number of ether oxygens (including phenoxy) is 1. The predicted molar refractivity (Wildman–Crippen MR) is 80.7 cm³/mol. The van der Waals surface area contributed by atoms with E-state index in [1.165, 1.54) is 12.1 Å². The molecule has 0 amide bonds. The van der Waals surface area contributed by atoms with Crippen molar-refractivity contribution in [3.05, 3.63) is 59.9 Å². The first-order valence-corrected chi connectivity index (χ1v) is 6.61. The highest BCUT2D eigenvalue weighted by molar-refractivity contribution is 5.69. The lowest BCUT2D eigenvalue weighted by Gasteiger charge is -2.00. The Labute approximate surface area is 126 Å². The fraction of sp³-hybridized carbons (Fsp3) is 0.0588. The quantitative estimate of drug-likeness (QED) is 0.799. The molecule has 0 fully saturated rings. The fourth-order valence-corrected chi connectivity index (χ4v) is 2.15. The monoisotopic (exact) mass is 293 g/mol. The molecule has 0 aliphatic carbocycles. The molecule has 4 nitrogen and oxygen atoms in total. The summed E-state index contributed by atoms with van der Waals surface area (Å²) in [7, 11) is 1.61. The van der Waals surface area contributed by atoms with Crippen molar-refractivity contribution in [1.82, 2.24) is 10.2 Å². The summed E-state index contributed by atoms with van der Waals surface area (Å²) in [6.45, 7) is 0. The summed E-state index contributed by atoms with van der Waals surface area (Å²) in [4.78, 5) is 0. The second-order valence-electron chi connectivity index (χ2n) is 4.70. The van der Waals surface area contributed by atoms with Gasteiger partial charge in [0.05, 0.1) is 24.1 Å². The Bertz CT molecular complexity index is 847. The number of benzene rings is 2. The zero-order chi connectivity index (χ0) is 15.5. The molecule has 1 N–H and O–H groups in total. The van der Waals surface area contributed by atoms with Crippen molar-refractivity contribution in [2.24, 2.45) is 0 Å². The number of aromatic amines is 1. The van der Waals surface area contributed by atoms with Crippen LogP contribution in [-0.4, -0.2) is 17.3 Å². The molecule has 0 spiro atoms. The molecule has 5 heteroatoms. The van der Waals surface area contributed by atoms with E-state index in [-0.39, 0.29) is 5.56 Å². The molecule has 22 heavy (non-hydrogen) atoms. The van der Waals surface area contributed by atoms with Gasteiger partial charge in [-0.2, -0.15) is 10.4 Å². The summed E-state index contributed by atoms with van der Waals surface area (Å²) in [5.41, 5.74) is 3.03. The van der Waals surface area contributed by atoms with Crippen molar-refractivity contribution in [2.45, 2.75) is 0 Å². The van der Waals surface area contributed by atoms with Crippen LogP contribution in [0.15, 0.2) is 48.5 Å². The van der Waals surface area contributed by atoms with Gasteiger partial charge in [-0.15, -0.1) is 0 Å². The summed E-state index contributed by atoms with van der Waals surface area (Å²) < 4.78 is 18.8. The number of methoxy groups -OCH3 is 1. The van der Waals surface area contributed by atoms with Crippen molar-refractivity contribution in [1.29, 1.82) is 5.26 Å². The number of aromatic nitrogens is 2. The third-order valence-corrected chi connectivity index (χ3v) is 3.36. The average Bonchev–Trinajstić information content (AvgIpc) is 3.05. The molecule has 0 aliphatic heterocycles. The van der Waals surface area contributed by atoms with Gasteiger partial charge in [0.2, 0.25) is 0 Å². The van der Waals surface area contributed by atoms with Gasteiger partial charge in [0.15, 0.2) is 0 Å². The van der Waals surface area contributed by atoms with E-state index in [4.69, 9.17) is 10.00 Å². The van der Waals surface area contributed by atoms with Gasteiger partial charge in [-0.3, -0.25) is 5.10 Å². The van der Waals surface area contributed by atoms with Gasteiger partial charge in [-0.25, -0.2) is 4.39 Å². The Balaban J connectivity index is 1.93. The first kappa shape index (κ1) is 13.8. The number of nitriles is 1. The largest absolute Gasteiger partial charge is 0.497 e. The van der Waals surface area contributed by atoms with Crippen LogP contribution in [0.5, 0.6) is 5.75 Å². The predicted octanol–water partition coefficient (Wildman–Crippen LogP) is 3.76. The maximum absolute atomic E-state index is 13.7. The highest BCUT2D eigenvalue weighted by atomic mass is 19.1. The number of halogens is 1. The standard InChI is InChI=1S/C17H12FN3O/c1-22-14-6-4-11(5-7-14)16-9-17(21-20-16)12-2-3-13(10-19)15(18)8-12/h2-9H,1H3,(H,20,21). The number of nitrogens with zero attached hydrogens (tertiary/aromatic N) is 2. The van der Waals surface area contributed by atoms with Crippen LogP contribution >= 0.6 is 0 Å². The van der Waals surface area contributed by atoms with E-state index in [2.05, 4.69) is 10.2 Å².